The molecule has 0 unspecified atom stereocenters. The summed E-state index contributed by atoms with van der Waals surface area (Å²) < 4.78 is 45.8. The number of ether oxygens (including phenoxy) is 2. The van der Waals surface area contributed by atoms with Crippen LogP contribution in [0.4, 0.5) is 24.5 Å². The molecule has 1 amide bonds. The number of nitrogens with zero attached hydrogens (tertiary/aromatic N) is 6. The third-order valence-electron chi connectivity index (χ3n) is 5.56. The molecule has 0 bridgehead atoms. The number of carbonyl (C=O) groups excluding carboxylic acids is 1. The van der Waals surface area contributed by atoms with Gasteiger partial charge in [-0.3, -0.25) is 9.69 Å². The predicted molar refractivity (Wildman–Crippen MR) is 154 cm³/mol. The van der Waals surface area contributed by atoms with E-state index in [9.17, 15) is 18.0 Å². The van der Waals surface area contributed by atoms with Gasteiger partial charge in [0, 0.05) is 11.6 Å². The molecule has 1 fully saturated rings. The number of pyridine rings is 1. The Labute approximate surface area is 237 Å². The molecule has 0 aliphatic carbocycles. The molecule has 1 aliphatic rings. The number of alkyl halides is 3. The number of rotatable bonds is 8. The predicted octanol–water partition coefficient (Wildman–Crippen LogP) is 5.14. The van der Waals surface area contributed by atoms with Crippen molar-refractivity contribution in [2.24, 2.45) is 25.9 Å². The molecule has 41 heavy (non-hydrogen) atoms. The van der Waals surface area contributed by atoms with Crippen molar-refractivity contribution in [3.63, 3.8) is 0 Å². The van der Waals surface area contributed by atoms with Crippen LogP contribution in [0, 0.1) is 13.8 Å². The summed E-state index contributed by atoms with van der Waals surface area (Å²) in [4.78, 5) is 26.6. The molecule has 0 radical (unpaired) electrons. The standard InChI is InChI=1S/C27H24F3N7O3S/c1-16-12-22(39-3)35-17(2)24(16)37-23(38)14-41-26(37)36-34-13-18-4-6-19(7-5-18)25(31)33-15-32-20-8-10-21(11-9-20)40-27(28,29)30/h4-13,15H,14H2,1-3H3,(H2,31,32,33)/b34-13+,36-26-. The Morgan fingerprint density at radius 2 is 1.83 bits per heavy atom. The van der Waals surface area contributed by atoms with Crippen molar-refractivity contribution in [2.75, 3.05) is 17.8 Å². The highest BCUT2D eigenvalue weighted by Crippen LogP contribution is 2.33. The number of methoxy groups -OCH3 is 1. The maximum absolute atomic E-state index is 12.6. The van der Waals surface area contributed by atoms with Crippen LogP contribution in [0.2, 0.25) is 0 Å². The maximum Gasteiger partial charge on any atom is 0.573 e. The van der Waals surface area contributed by atoms with Crippen LogP contribution in [0.3, 0.4) is 0 Å². The first kappa shape index (κ1) is 29.3. The van der Waals surface area contributed by atoms with E-state index < -0.39 is 6.36 Å². The number of carbonyl (C=O) groups is 1. The van der Waals surface area contributed by atoms with Gasteiger partial charge in [0.25, 0.3) is 0 Å². The van der Waals surface area contributed by atoms with Crippen molar-refractivity contribution in [2.45, 2.75) is 20.2 Å². The van der Waals surface area contributed by atoms with E-state index in [1.165, 1.54) is 42.2 Å². The van der Waals surface area contributed by atoms with E-state index in [2.05, 4.69) is 29.9 Å². The number of nitrogens with two attached hydrogens (primary N) is 1. The highest BCUT2D eigenvalue weighted by Gasteiger charge is 2.33. The molecule has 1 saturated heterocycles. The molecule has 0 atom stereocenters. The van der Waals surface area contributed by atoms with Crippen LogP contribution in [0.1, 0.15) is 22.4 Å². The largest absolute Gasteiger partial charge is 0.573 e. The summed E-state index contributed by atoms with van der Waals surface area (Å²) in [5, 5.41) is 8.87. The number of aromatic nitrogens is 1. The van der Waals surface area contributed by atoms with E-state index >= 15 is 0 Å². The number of halogens is 3. The van der Waals surface area contributed by atoms with Crippen molar-refractivity contribution in [1.82, 2.24) is 4.98 Å². The molecule has 10 nitrogen and oxygen atoms in total. The maximum atomic E-state index is 12.6. The zero-order valence-corrected chi connectivity index (χ0v) is 22.9. The highest BCUT2D eigenvalue weighted by atomic mass is 32.2. The second-order valence-corrected chi connectivity index (χ2v) is 9.43. The number of anilines is 1. The summed E-state index contributed by atoms with van der Waals surface area (Å²) in [5.74, 6) is 0.437. The minimum atomic E-state index is -4.76. The van der Waals surface area contributed by atoms with Gasteiger partial charge in [0.15, 0.2) is 5.17 Å². The Morgan fingerprint density at radius 3 is 2.46 bits per heavy atom. The van der Waals surface area contributed by atoms with Gasteiger partial charge >= 0.3 is 6.36 Å². The fourth-order valence-electron chi connectivity index (χ4n) is 3.74. The lowest BCUT2D eigenvalue weighted by atomic mass is 10.1. The fourth-order valence-corrected chi connectivity index (χ4v) is 4.55. The SMILES string of the molecule is COc1cc(C)c(N2C(=O)CS/C2=N\N=C\c2ccc(C(N)=NC=Nc3ccc(OC(F)(F)F)cc3)cc2)c(C)n1. The van der Waals surface area contributed by atoms with Crippen molar-refractivity contribution >= 4 is 52.6 Å². The number of hydrogen-bond acceptors (Lipinski definition) is 8. The van der Waals surface area contributed by atoms with E-state index in [0.717, 1.165) is 23.3 Å². The van der Waals surface area contributed by atoms with Gasteiger partial charge in [-0.05, 0) is 49.2 Å². The first-order valence-corrected chi connectivity index (χ1v) is 12.9. The number of amides is 1. The lowest BCUT2D eigenvalue weighted by molar-refractivity contribution is -0.274. The van der Waals surface area contributed by atoms with E-state index in [4.69, 9.17) is 10.5 Å². The second-order valence-electron chi connectivity index (χ2n) is 8.48. The number of aliphatic imine (C=N–C) groups is 2. The number of aryl methyl sites for hydroxylation is 2. The van der Waals surface area contributed by atoms with Gasteiger partial charge in [0.05, 0.1) is 36.1 Å². The lowest BCUT2D eigenvalue weighted by Crippen LogP contribution is -2.30. The quantitative estimate of drug-likeness (QED) is 0.222. The first-order valence-electron chi connectivity index (χ1n) is 11.9. The Hall–Kier alpha value is -4.72. The molecule has 1 aliphatic heterocycles. The highest BCUT2D eigenvalue weighted by molar-refractivity contribution is 8.15. The van der Waals surface area contributed by atoms with Crippen LogP contribution in [-0.2, 0) is 4.79 Å². The summed E-state index contributed by atoms with van der Waals surface area (Å²) in [6.07, 6.45) is -2.01. The van der Waals surface area contributed by atoms with E-state index in [-0.39, 0.29) is 23.2 Å². The number of amidine groups is 2. The third kappa shape index (κ3) is 7.69. The molecule has 2 N–H and O–H groups in total. The van der Waals surface area contributed by atoms with Crippen LogP contribution in [-0.4, -0.2) is 53.7 Å². The second kappa shape index (κ2) is 12.6. The lowest BCUT2D eigenvalue weighted by Gasteiger charge is -2.20. The topological polar surface area (TPSA) is 127 Å². The fraction of sp³-hybridized carbons (Fsp3) is 0.185. The minimum absolute atomic E-state index is 0.114. The summed E-state index contributed by atoms with van der Waals surface area (Å²) in [5.41, 5.74) is 9.87. The zero-order valence-electron chi connectivity index (χ0n) is 22.1. The van der Waals surface area contributed by atoms with Gasteiger partial charge in [0.2, 0.25) is 11.8 Å². The van der Waals surface area contributed by atoms with Crippen molar-refractivity contribution in [1.29, 1.82) is 0 Å². The smallest absolute Gasteiger partial charge is 0.481 e. The molecule has 2 aromatic carbocycles. The molecular weight excluding hydrogens is 559 g/mol. The molecule has 0 saturated carbocycles. The molecular formula is C27H24F3N7O3S. The van der Waals surface area contributed by atoms with E-state index in [1.807, 2.05) is 6.92 Å². The molecule has 0 spiro atoms. The van der Waals surface area contributed by atoms with E-state index in [1.54, 1.807) is 43.5 Å². The van der Waals surface area contributed by atoms with Crippen molar-refractivity contribution < 1.29 is 27.4 Å². The Bertz CT molecular complexity index is 1510. The van der Waals surface area contributed by atoms with Crippen LogP contribution < -0.4 is 20.1 Å². The van der Waals surface area contributed by atoms with Crippen LogP contribution in [0.25, 0.3) is 0 Å². The summed E-state index contributed by atoms with van der Waals surface area (Å²) >= 11 is 1.29. The third-order valence-corrected chi connectivity index (χ3v) is 6.48. The average Bonchev–Trinajstić information content (AvgIpc) is 3.28. The normalized spacial score (nSPS) is 15.5. The number of benzene rings is 2. The summed E-state index contributed by atoms with van der Waals surface area (Å²) in [7, 11) is 1.54. The monoisotopic (exact) mass is 583 g/mol. The van der Waals surface area contributed by atoms with Gasteiger partial charge in [0.1, 0.15) is 17.9 Å². The minimum Gasteiger partial charge on any atom is -0.481 e. The average molecular weight is 584 g/mol. The van der Waals surface area contributed by atoms with Gasteiger partial charge in [-0.15, -0.1) is 18.3 Å². The van der Waals surface area contributed by atoms with Crippen molar-refractivity contribution in [3.05, 3.63) is 77.0 Å². The Morgan fingerprint density at radius 1 is 1.12 bits per heavy atom. The van der Waals surface area contributed by atoms with E-state index in [0.29, 0.717) is 33.7 Å². The molecule has 2 heterocycles. The van der Waals surface area contributed by atoms with Crippen LogP contribution in [0.15, 0.2) is 74.8 Å². The van der Waals surface area contributed by atoms with Gasteiger partial charge < -0.3 is 15.2 Å². The Kier molecular flexibility index (Phi) is 9.02. The van der Waals surface area contributed by atoms with Gasteiger partial charge in [-0.2, -0.15) is 5.10 Å². The van der Waals surface area contributed by atoms with Crippen molar-refractivity contribution in [3.8, 4) is 11.6 Å². The van der Waals surface area contributed by atoms with Crippen LogP contribution in [0.5, 0.6) is 11.6 Å². The Balaban J connectivity index is 1.41. The molecule has 4 rings (SSSR count). The molecule has 3 aromatic rings. The van der Waals surface area contributed by atoms with Gasteiger partial charge in [-0.1, -0.05) is 36.0 Å². The zero-order chi connectivity index (χ0) is 29.6. The molecule has 1 aromatic heterocycles. The molecule has 14 heteroatoms. The number of thioether (sulfide) groups is 1. The summed E-state index contributed by atoms with van der Waals surface area (Å²) in [6, 6.07) is 13.8. The van der Waals surface area contributed by atoms with Crippen LogP contribution >= 0.6 is 11.8 Å². The number of hydrogen-bond donors (Lipinski definition) is 1. The van der Waals surface area contributed by atoms with Gasteiger partial charge in [-0.25, -0.2) is 15.0 Å². The summed E-state index contributed by atoms with van der Waals surface area (Å²) in [6.45, 7) is 3.68. The first-order chi connectivity index (χ1) is 19.5. The molecule has 212 valence electrons.